The van der Waals surface area contributed by atoms with E-state index in [0.29, 0.717) is 18.0 Å². The molecule has 1 N–H and O–H groups in total. The van der Waals surface area contributed by atoms with Crippen LogP contribution in [0.25, 0.3) is 0 Å². The number of halogens is 2. The van der Waals surface area contributed by atoms with E-state index in [4.69, 9.17) is 4.74 Å². The first-order chi connectivity index (χ1) is 11.0. The standard InChI is InChI=1S/C16H15F2NO3S/c1-10(2)9-21-12-5-3-4-11(8-12)19-15(20)14-13(6-7-23-14)22-16(17)18/h3-8,16H,1,9H2,2H3,(H,19,20). The lowest BCUT2D eigenvalue weighted by Crippen LogP contribution is -2.13. The predicted octanol–water partition coefficient (Wildman–Crippen LogP) is 4.56. The number of thiophene rings is 1. The van der Waals surface area contributed by atoms with Crippen molar-refractivity contribution in [3.63, 3.8) is 0 Å². The van der Waals surface area contributed by atoms with Crippen LogP contribution >= 0.6 is 11.3 Å². The molecular weight excluding hydrogens is 324 g/mol. The van der Waals surface area contributed by atoms with Gasteiger partial charge < -0.3 is 14.8 Å². The first kappa shape index (κ1) is 17.0. The van der Waals surface area contributed by atoms with E-state index in [1.165, 1.54) is 11.4 Å². The van der Waals surface area contributed by atoms with Crippen molar-refractivity contribution in [2.45, 2.75) is 13.5 Å². The van der Waals surface area contributed by atoms with Gasteiger partial charge in [-0.15, -0.1) is 11.3 Å². The molecule has 23 heavy (non-hydrogen) atoms. The molecule has 1 aromatic carbocycles. The van der Waals surface area contributed by atoms with E-state index in [1.807, 2.05) is 6.92 Å². The number of benzene rings is 1. The van der Waals surface area contributed by atoms with Crippen molar-refractivity contribution in [1.82, 2.24) is 0 Å². The summed E-state index contributed by atoms with van der Waals surface area (Å²) in [6.45, 7) is 2.97. The van der Waals surface area contributed by atoms with Crippen LogP contribution in [-0.2, 0) is 0 Å². The molecule has 0 unspecified atom stereocenters. The van der Waals surface area contributed by atoms with Crippen molar-refractivity contribution in [3.05, 3.63) is 52.7 Å². The number of ether oxygens (including phenoxy) is 2. The van der Waals surface area contributed by atoms with E-state index in [-0.39, 0.29) is 10.6 Å². The zero-order valence-corrected chi connectivity index (χ0v) is 13.2. The monoisotopic (exact) mass is 339 g/mol. The lowest BCUT2D eigenvalue weighted by Gasteiger charge is -2.09. The second-order valence-electron chi connectivity index (χ2n) is 4.72. The van der Waals surface area contributed by atoms with E-state index < -0.39 is 12.5 Å². The molecule has 0 aliphatic heterocycles. The molecule has 1 heterocycles. The molecule has 1 amide bonds. The molecule has 2 rings (SSSR count). The smallest absolute Gasteiger partial charge is 0.387 e. The summed E-state index contributed by atoms with van der Waals surface area (Å²) in [5.74, 6) is -0.0917. The third-order valence-electron chi connectivity index (χ3n) is 2.63. The molecule has 2 aromatic rings. The van der Waals surface area contributed by atoms with E-state index in [0.717, 1.165) is 16.9 Å². The molecule has 0 aliphatic rings. The van der Waals surface area contributed by atoms with Crippen LogP contribution in [0, 0.1) is 0 Å². The number of carbonyl (C=O) groups is 1. The second-order valence-corrected chi connectivity index (χ2v) is 5.64. The Labute approximate surface area is 136 Å². The summed E-state index contributed by atoms with van der Waals surface area (Å²) in [4.78, 5) is 12.3. The van der Waals surface area contributed by atoms with Gasteiger partial charge in [0.15, 0.2) is 0 Å². The number of alkyl halides is 2. The largest absolute Gasteiger partial charge is 0.489 e. The highest BCUT2D eigenvalue weighted by atomic mass is 32.1. The number of hydrogen-bond acceptors (Lipinski definition) is 4. The maximum atomic E-state index is 12.3. The highest BCUT2D eigenvalue weighted by Crippen LogP contribution is 2.28. The maximum Gasteiger partial charge on any atom is 0.387 e. The van der Waals surface area contributed by atoms with Gasteiger partial charge >= 0.3 is 6.61 Å². The van der Waals surface area contributed by atoms with Crippen molar-refractivity contribution >= 4 is 22.9 Å². The molecule has 0 saturated carbocycles. The second kappa shape index (κ2) is 7.73. The zero-order chi connectivity index (χ0) is 16.8. The Bertz CT molecular complexity index is 700. The third-order valence-corrected chi connectivity index (χ3v) is 3.52. The van der Waals surface area contributed by atoms with Gasteiger partial charge in [0.1, 0.15) is 23.0 Å². The predicted molar refractivity (Wildman–Crippen MR) is 85.7 cm³/mol. The summed E-state index contributed by atoms with van der Waals surface area (Å²) in [5.41, 5.74) is 1.36. The van der Waals surface area contributed by atoms with Gasteiger partial charge in [0, 0.05) is 11.8 Å². The van der Waals surface area contributed by atoms with Gasteiger partial charge in [-0.3, -0.25) is 4.79 Å². The maximum absolute atomic E-state index is 12.3. The Morgan fingerprint density at radius 3 is 2.87 bits per heavy atom. The van der Waals surface area contributed by atoms with Crippen molar-refractivity contribution in [2.24, 2.45) is 0 Å². The zero-order valence-electron chi connectivity index (χ0n) is 12.3. The number of rotatable bonds is 7. The molecule has 0 aliphatic carbocycles. The minimum atomic E-state index is -2.98. The van der Waals surface area contributed by atoms with E-state index in [9.17, 15) is 13.6 Å². The summed E-state index contributed by atoms with van der Waals surface area (Å²) in [7, 11) is 0. The van der Waals surface area contributed by atoms with Gasteiger partial charge in [0.25, 0.3) is 5.91 Å². The Morgan fingerprint density at radius 2 is 2.17 bits per heavy atom. The first-order valence-corrected chi connectivity index (χ1v) is 7.54. The van der Waals surface area contributed by atoms with Crippen LogP contribution in [0.3, 0.4) is 0 Å². The van der Waals surface area contributed by atoms with Crippen molar-refractivity contribution in [1.29, 1.82) is 0 Å². The molecular formula is C16H15F2NO3S. The van der Waals surface area contributed by atoms with Crippen molar-refractivity contribution < 1.29 is 23.0 Å². The first-order valence-electron chi connectivity index (χ1n) is 6.66. The molecule has 0 saturated heterocycles. The average molecular weight is 339 g/mol. The van der Waals surface area contributed by atoms with E-state index in [1.54, 1.807) is 24.3 Å². The van der Waals surface area contributed by atoms with Gasteiger partial charge in [-0.05, 0) is 36.1 Å². The number of nitrogens with one attached hydrogen (secondary N) is 1. The lowest BCUT2D eigenvalue weighted by atomic mass is 10.3. The average Bonchev–Trinajstić information content (AvgIpc) is 2.93. The highest BCUT2D eigenvalue weighted by Gasteiger charge is 2.17. The molecule has 0 bridgehead atoms. The summed E-state index contributed by atoms with van der Waals surface area (Å²) in [5, 5.41) is 4.14. The Hall–Kier alpha value is -2.41. The summed E-state index contributed by atoms with van der Waals surface area (Å²) >= 11 is 1.02. The summed E-state index contributed by atoms with van der Waals surface area (Å²) in [6, 6.07) is 8.11. The molecule has 0 spiro atoms. The molecule has 0 radical (unpaired) electrons. The van der Waals surface area contributed by atoms with Crippen LogP contribution in [0.5, 0.6) is 11.5 Å². The van der Waals surface area contributed by atoms with E-state index in [2.05, 4.69) is 16.6 Å². The fourth-order valence-corrected chi connectivity index (χ4v) is 2.43. The highest BCUT2D eigenvalue weighted by molar-refractivity contribution is 7.12. The molecule has 122 valence electrons. The minimum Gasteiger partial charge on any atom is -0.489 e. The molecule has 4 nitrogen and oxygen atoms in total. The van der Waals surface area contributed by atoms with Crippen molar-refractivity contribution in [2.75, 3.05) is 11.9 Å². The number of amides is 1. The lowest BCUT2D eigenvalue weighted by molar-refractivity contribution is -0.0498. The molecule has 0 fully saturated rings. The molecule has 7 heteroatoms. The Morgan fingerprint density at radius 1 is 1.39 bits per heavy atom. The SMILES string of the molecule is C=C(C)COc1cccc(NC(=O)c2sccc2OC(F)F)c1. The Balaban J connectivity index is 2.07. The van der Waals surface area contributed by atoms with Gasteiger partial charge in [-0.2, -0.15) is 8.78 Å². The van der Waals surface area contributed by atoms with Gasteiger partial charge in [0.2, 0.25) is 0 Å². The Kier molecular flexibility index (Phi) is 5.70. The number of hydrogen-bond donors (Lipinski definition) is 1. The fraction of sp³-hybridized carbons (Fsp3) is 0.188. The van der Waals surface area contributed by atoms with Crippen LogP contribution < -0.4 is 14.8 Å². The van der Waals surface area contributed by atoms with Crippen LogP contribution in [-0.4, -0.2) is 19.1 Å². The van der Waals surface area contributed by atoms with Crippen LogP contribution in [0.4, 0.5) is 14.5 Å². The van der Waals surface area contributed by atoms with Crippen LogP contribution in [0.15, 0.2) is 47.9 Å². The normalized spacial score (nSPS) is 10.4. The number of carbonyl (C=O) groups excluding carboxylic acids is 1. The van der Waals surface area contributed by atoms with Crippen LogP contribution in [0.2, 0.25) is 0 Å². The van der Waals surface area contributed by atoms with Crippen LogP contribution in [0.1, 0.15) is 16.6 Å². The summed E-state index contributed by atoms with van der Waals surface area (Å²) in [6.07, 6.45) is 0. The van der Waals surface area contributed by atoms with Crippen molar-refractivity contribution in [3.8, 4) is 11.5 Å². The minimum absolute atomic E-state index is 0.0820. The molecule has 0 atom stereocenters. The fourth-order valence-electron chi connectivity index (χ4n) is 1.71. The summed E-state index contributed by atoms with van der Waals surface area (Å²) < 4.78 is 34.4. The quantitative estimate of drug-likeness (QED) is 0.753. The van der Waals surface area contributed by atoms with Gasteiger partial charge in [-0.1, -0.05) is 12.6 Å². The van der Waals surface area contributed by atoms with Gasteiger partial charge in [-0.25, -0.2) is 0 Å². The topological polar surface area (TPSA) is 47.6 Å². The molecule has 1 aromatic heterocycles. The third kappa shape index (κ3) is 5.07. The van der Waals surface area contributed by atoms with E-state index >= 15 is 0 Å². The van der Waals surface area contributed by atoms with Gasteiger partial charge in [0.05, 0.1) is 0 Å². The number of anilines is 1.